The fourth-order valence-corrected chi connectivity index (χ4v) is 3.32. The number of nitro groups is 1. The van der Waals surface area contributed by atoms with Crippen molar-refractivity contribution in [2.45, 2.75) is 25.0 Å². The average Bonchev–Trinajstić information content (AvgIpc) is 2.58. The van der Waals surface area contributed by atoms with Crippen LogP contribution in [0.3, 0.4) is 0 Å². The fraction of sp³-hybridized carbons (Fsp3) is 0.500. The topological polar surface area (TPSA) is 83.7 Å². The summed E-state index contributed by atoms with van der Waals surface area (Å²) in [5.41, 5.74) is -0.109. The van der Waals surface area contributed by atoms with Crippen LogP contribution in [-0.4, -0.2) is 44.4 Å². The highest BCUT2D eigenvalue weighted by Crippen LogP contribution is 2.32. The molecule has 1 aromatic rings. The van der Waals surface area contributed by atoms with E-state index in [1.807, 2.05) is 11.8 Å². The monoisotopic (exact) mass is 310 g/mol. The van der Waals surface area contributed by atoms with Gasteiger partial charge < -0.3 is 10.0 Å². The van der Waals surface area contributed by atoms with E-state index in [0.29, 0.717) is 13.1 Å². The molecule has 0 radical (unpaired) electrons. The van der Waals surface area contributed by atoms with Crippen molar-refractivity contribution >= 4 is 23.4 Å². The molecule has 1 aromatic carbocycles. The smallest absolute Gasteiger partial charge is 0.310 e. The van der Waals surface area contributed by atoms with E-state index in [1.165, 1.54) is 18.2 Å². The van der Waals surface area contributed by atoms with Crippen molar-refractivity contribution in [2.75, 3.05) is 18.8 Å². The van der Waals surface area contributed by atoms with Gasteiger partial charge in [-0.2, -0.15) is 11.8 Å². The van der Waals surface area contributed by atoms with Crippen LogP contribution in [-0.2, 0) is 0 Å². The maximum atomic E-state index is 12.4. The molecule has 7 heteroatoms. The Kier molecular flexibility index (Phi) is 4.41. The second-order valence-electron chi connectivity index (χ2n) is 5.61. The molecule has 0 unspecified atom stereocenters. The van der Waals surface area contributed by atoms with Gasteiger partial charge in [0, 0.05) is 35.2 Å². The maximum absolute atomic E-state index is 12.4. The quantitative estimate of drug-likeness (QED) is 0.670. The number of rotatable bonds is 2. The molecule has 21 heavy (non-hydrogen) atoms. The number of phenols is 1. The molecule has 1 heterocycles. The van der Waals surface area contributed by atoms with Crippen LogP contribution in [0.1, 0.15) is 30.6 Å². The van der Waals surface area contributed by atoms with Crippen molar-refractivity contribution in [3.8, 4) is 5.75 Å². The minimum absolute atomic E-state index is 0.145. The van der Waals surface area contributed by atoms with E-state index in [0.717, 1.165) is 12.2 Å². The van der Waals surface area contributed by atoms with Crippen LogP contribution >= 0.6 is 11.8 Å². The second kappa shape index (κ2) is 5.93. The summed E-state index contributed by atoms with van der Waals surface area (Å²) in [5.74, 6) is 0.186. The number of hydrogen-bond acceptors (Lipinski definition) is 5. The Hall–Kier alpha value is -1.76. The highest BCUT2D eigenvalue weighted by molar-refractivity contribution is 8.00. The SMILES string of the molecule is CC1(C)CCN(C(=O)c2ccc([N+](=O)[O-])c(O)c2)CCS1. The Morgan fingerprint density at radius 1 is 1.43 bits per heavy atom. The van der Waals surface area contributed by atoms with Crippen LogP contribution in [0.4, 0.5) is 5.69 Å². The van der Waals surface area contributed by atoms with E-state index in [9.17, 15) is 20.0 Å². The van der Waals surface area contributed by atoms with E-state index in [-0.39, 0.29) is 21.9 Å². The molecular formula is C14H18N2O4S. The first-order chi connectivity index (χ1) is 9.80. The van der Waals surface area contributed by atoms with Crippen molar-refractivity contribution in [1.29, 1.82) is 0 Å². The number of hydrogen-bond donors (Lipinski definition) is 1. The molecule has 0 saturated carbocycles. The van der Waals surface area contributed by atoms with Gasteiger partial charge in [-0.05, 0) is 18.6 Å². The van der Waals surface area contributed by atoms with Gasteiger partial charge in [-0.1, -0.05) is 13.8 Å². The molecule has 0 spiro atoms. The fourth-order valence-electron chi connectivity index (χ4n) is 2.22. The van der Waals surface area contributed by atoms with Gasteiger partial charge in [0.15, 0.2) is 5.75 Å². The largest absolute Gasteiger partial charge is 0.502 e. The third kappa shape index (κ3) is 3.66. The highest BCUT2D eigenvalue weighted by Gasteiger charge is 2.27. The standard InChI is InChI=1S/C14H18N2O4S/c1-14(2)5-6-15(7-8-21-14)13(18)10-3-4-11(16(19)20)12(17)9-10/h3-4,9,17H,5-8H2,1-2H3. The van der Waals surface area contributed by atoms with Gasteiger partial charge in [-0.15, -0.1) is 0 Å². The lowest BCUT2D eigenvalue weighted by Crippen LogP contribution is -2.33. The molecule has 1 amide bonds. The van der Waals surface area contributed by atoms with Gasteiger partial charge in [0.1, 0.15) is 0 Å². The Morgan fingerprint density at radius 2 is 2.14 bits per heavy atom. The van der Waals surface area contributed by atoms with E-state index >= 15 is 0 Å². The summed E-state index contributed by atoms with van der Waals surface area (Å²) < 4.78 is 0.145. The number of thioether (sulfide) groups is 1. The molecule has 1 fully saturated rings. The minimum Gasteiger partial charge on any atom is -0.502 e. The summed E-state index contributed by atoms with van der Waals surface area (Å²) >= 11 is 1.83. The van der Waals surface area contributed by atoms with Crippen LogP contribution in [0.15, 0.2) is 18.2 Å². The maximum Gasteiger partial charge on any atom is 0.310 e. The predicted molar refractivity (Wildman–Crippen MR) is 81.8 cm³/mol. The molecule has 0 bridgehead atoms. The van der Waals surface area contributed by atoms with Crippen LogP contribution in [0, 0.1) is 10.1 Å². The van der Waals surface area contributed by atoms with Crippen molar-refractivity contribution in [3.05, 3.63) is 33.9 Å². The zero-order valence-corrected chi connectivity index (χ0v) is 12.9. The first-order valence-electron chi connectivity index (χ1n) is 6.71. The van der Waals surface area contributed by atoms with Gasteiger partial charge in [-0.3, -0.25) is 14.9 Å². The Labute approximate surface area is 127 Å². The van der Waals surface area contributed by atoms with Crippen molar-refractivity contribution < 1.29 is 14.8 Å². The third-order valence-corrected chi connectivity index (χ3v) is 4.92. The third-order valence-electron chi connectivity index (χ3n) is 3.54. The van der Waals surface area contributed by atoms with E-state index < -0.39 is 10.7 Å². The summed E-state index contributed by atoms with van der Waals surface area (Å²) in [4.78, 5) is 24.2. The molecule has 0 aromatic heterocycles. The Morgan fingerprint density at radius 3 is 2.76 bits per heavy atom. The lowest BCUT2D eigenvalue weighted by atomic mass is 10.1. The zero-order chi connectivity index (χ0) is 15.6. The minimum atomic E-state index is -0.672. The first-order valence-corrected chi connectivity index (χ1v) is 7.69. The van der Waals surface area contributed by atoms with Crippen molar-refractivity contribution in [1.82, 2.24) is 4.90 Å². The normalized spacial score (nSPS) is 18.1. The average molecular weight is 310 g/mol. The van der Waals surface area contributed by atoms with E-state index in [1.54, 1.807) is 4.90 Å². The molecule has 1 saturated heterocycles. The zero-order valence-electron chi connectivity index (χ0n) is 12.0. The molecule has 1 aliphatic rings. The van der Waals surface area contributed by atoms with Gasteiger partial charge >= 0.3 is 5.69 Å². The number of nitrogens with zero attached hydrogens (tertiary/aromatic N) is 2. The number of carbonyl (C=O) groups is 1. The van der Waals surface area contributed by atoms with Crippen LogP contribution in [0.2, 0.25) is 0 Å². The molecule has 1 aliphatic heterocycles. The summed E-state index contributed by atoms with van der Waals surface area (Å²) in [5, 5.41) is 20.3. The van der Waals surface area contributed by atoms with E-state index in [2.05, 4.69) is 13.8 Å². The van der Waals surface area contributed by atoms with Gasteiger partial charge in [-0.25, -0.2) is 0 Å². The number of phenolic OH excluding ortho intramolecular Hbond substituents is 1. The first kappa shape index (κ1) is 15.6. The van der Waals surface area contributed by atoms with Crippen molar-refractivity contribution in [2.24, 2.45) is 0 Å². The lowest BCUT2D eigenvalue weighted by Gasteiger charge is -2.22. The molecule has 1 N–H and O–H groups in total. The van der Waals surface area contributed by atoms with Gasteiger partial charge in [0.2, 0.25) is 0 Å². The molecular weight excluding hydrogens is 292 g/mol. The number of aromatic hydroxyl groups is 1. The van der Waals surface area contributed by atoms with E-state index in [4.69, 9.17) is 0 Å². The van der Waals surface area contributed by atoms with Gasteiger partial charge in [0.05, 0.1) is 4.92 Å². The van der Waals surface area contributed by atoms with Crippen LogP contribution in [0.25, 0.3) is 0 Å². The predicted octanol–water partition coefficient (Wildman–Crippen LogP) is 2.66. The number of benzene rings is 1. The van der Waals surface area contributed by atoms with Crippen LogP contribution in [0.5, 0.6) is 5.75 Å². The number of nitro benzene ring substituents is 1. The summed E-state index contributed by atoms with van der Waals surface area (Å²) in [6, 6.07) is 3.73. The number of amides is 1. The van der Waals surface area contributed by atoms with Crippen LogP contribution < -0.4 is 0 Å². The molecule has 114 valence electrons. The molecule has 6 nitrogen and oxygen atoms in total. The van der Waals surface area contributed by atoms with Crippen molar-refractivity contribution in [3.63, 3.8) is 0 Å². The Balaban J connectivity index is 2.16. The second-order valence-corrected chi connectivity index (χ2v) is 7.41. The summed E-state index contributed by atoms with van der Waals surface area (Å²) in [6.45, 7) is 5.61. The molecule has 2 rings (SSSR count). The summed E-state index contributed by atoms with van der Waals surface area (Å²) in [7, 11) is 0. The lowest BCUT2D eigenvalue weighted by molar-refractivity contribution is -0.385. The molecule has 0 aliphatic carbocycles. The van der Waals surface area contributed by atoms with Gasteiger partial charge in [0.25, 0.3) is 5.91 Å². The Bertz CT molecular complexity index is 574. The number of carbonyl (C=O) groups excluding carboxylic acids is 1. The highest BCUT2D eigenvalue weighted by atomic mass is 32.2. The summed E-state index contributed by atoms with van der Waals surface area (Å²) in [6.07, 6.45) is 0.891. The molecule has 0 atom stereocenters.